The summed E-state index contributed by atoms with van der Waals surface area (Å²) in [4.78, 5) is 12.3. The fraction of sp³-hybridized carbons (Fsp3) is 0.353. The first-order chi connectivity index (χ1) is 12.5. The summed E-state index contributed by atoms with van der Waals surface area (Å²) < 4.78 is 42.9. The monoisotopic (exact) mass is 380 g/mol. The van der Waals surface area contributed by atoms with E-state index in [4.69, 9.17) is 13.9 Å². The van der Waals surface area contributed by atoms with Gasteiger partial charge in [-0.25, -0.2) is 13.1 Å². The van der Waals surface area contributed by atoms with Crippen molar-refractivity contribution in [2.24, 2.45) is 0 Å². The molecule has 140 valence electrons. The lowest BCUT2D eigenvalue weighted by atomic mass is 10.2. The summed E-state index contributed by atoms with van der Waals surface area (Å²) in [5.74, 6) is -0.369. The van der Waals surface area contributed by atoms with Crippen molar-refractivity contribution in [1.29, 1.82) is 0 Å². The van der Waals surface area contributed by atoms with E-state index in [0.717, 1.165) is 0 Å². The molecular formula is C17H20N2O6S. The molecule has 2 aromatic rings. The lowest BCUT2D eigenvalue weighted by Gasteiger charge is -2.23. The average molecular weight is 380 g/mol. The lowest BCUT2D eigenvalue weighted by molar-refractivity contribution is -0.0855. The zero-order valence-electron chi connectivity index (χ0n) is 14.0. The average Bonchev–Trinajstić information content (AvgIpc) is 3.19. The number of hydrogen-bond donors (Lipinski definition) is 2. The zero-order chi connectivity index (χ0) is 18.4. The lowest BCUT2D eigenvalue weighted by Crippen LogP contribution is -2.39. The number of furan rings is 1. The maximum atomic E-state index is 12.4. The van der Waals surface area contributed by atoms with Gasteiger partial charge in [-0.1, -0.05) is 6.07 Å². The number of carbonyl (C=O) groups is 1. The van der Waals surface area contributed by atoms with Crippen molar-refractivity contribution in [2.75, 3.05) is 26.4 Å². The van der Waals surface area contributed by atoms with Gasteiger partial charge in [-0.2, -0.15) is 0 Å². The molecule has 26 heavy (non-hydrogen) atoms. The maximum absolute atomic E-state index is 12.4. The molecule has 3 rings (SSSR count). The molecule has 1 aliphatic rings. The van der Waals surface area contributed by atoms with Gasteiger partial charge in [0.25, 0.3) is 5.91 Å². The van der Waals surface area contributed by atoms with Crippen LogP contribution in [0.1, 0.15) is 15.9 Å². The molecule has 1 aliphatic heterocycles. The molecule has 1 saturated heterocycles. The van der Waals surface area contributed by atoms with Gasteiger partial charge in [0.15, 0.2) is 0 Å². The molecule has 0 unspecified atom stereocenters. The number of nitrogens with one attached hydrogen (secondary N) is 2. The third-order valence-electron chi connectivity index (χ3n) is 3.83. The summed E-state index contributed by atoms with van der Waals surface area (Å²) in [6.45, 7) is 1.88. The number of carbonyl (C=O) groups excluding carboxylic acids is 1. The van der Waals surface area contributed by atoms with Crippen LogP contribution in [-0.2, 0) is 26.0 Å². The maximum Gasteiger partial charge on any atom is 0.251 e. The van der Waals surface area contributed by atoms with Crippen molar-refractivity contribution >= 4 is 15.9 Å². The Morgan fingerprint density at radius 1 is 1.23 bits per heavy atom. The summed E-state index contributed by atoms with van der Waals surface area (Å²) in [5, 5.41) is 2.73. The summed E-state index contributed by atoms with van der Waals surface area (Å²) in [6.07, 6.45) is 2.73. The Kier molecular flexibility index (Phi) is 6.04. The van der Waals surface area contributed by atoms with E-state index in [1.54, 1.807) is 12.1 Å². The van der Waals surface area contributed by atoms with Gasteiger partial charge in [-0.15, -0.1) is 0 Å². The zero-order valence-corrected chi connectivity index (χ0v) is 14.8. The Morgan fingerprint density at radius 3 is 2.85 bits per heavy atom. The topological polar surface area (TPSA) is 107 Å². The van der Waals surface area contributed by atoms with Crippen molar-refractivity contribution in [3.63, 3.8) is 0 Å². The van der Waals surface area contributed by atoms with Crippen LogP contribution < -0.4 is 10.0 Å². The molecular weight excluding hydrogens is 360 g/mol. The number of benzene rings is 1. The number of hydrogen-bond acceptors (Lipinski definition) is 6. The molecule has 1 fully saturated rings. The van der Waals surface area contributed by atoms with Crippen LogP contribution in [0.5, 0.6) is 0 Å². The van der Waals surface area contributed by atoms with E-state index in [1.807, 2.05) is 0 Å². The Labute approximate surface area is 151 Å². The number of sulfonamides is 1. The normalized spacial score (nSPS) is 17.8. The molecule has 0 saturated carbocycles. The Bertz CT molecular complexity index is 829. The van der Waals surface area contributed by atoms with Gasteiger partial charge in [0, 0.05) is 24.2 Å². The Balaban J connectivity index is 1.61. The summed E-state index contributed by atoms with van der Waals surface area (Å²) >= 11 is 0. The van der Waals surface area contributed by atoms with Crippen molar-refractivity contribution in [2.45, 2.75) is 17.5 Å². The molecule has 8 nitrogen and oxygen atoms in total. The minimum atomic E-state index is -3.74. The molecule has 0 bridgehead atoms. The van der Waals surface area contributed by atoms with Crippen LogP contribution in [0, 0.1) is 0 Å². The number of rotatable bonds is 7. The second kappa shape index (κ2) is 8.45. The van der Waals surface area contributed by atoms with Gasteiger partial charge in [-0.05, 0) is 24.3 Å². The molecule has 2 N–H and O–H groups in total. The first-order valence-electron chi connectivity index (χ1n) is 8.13. The van der Waals surface area contributed by atoms with Gasteiger partial charge >= 0.3 is 0 Å². The molecule has 1 aromatic heterocycles. The summed E-state index contributed by atoms with van der Waals surface area (Å²) in [5.41, 5.74) is 0.963. The Hall–Kier alpha value is -2.20. The predicted octanol–water partition coefficient (Wildman–Crippen LogP) is 0.903. The number of amides is 1. The first kappa shape index (κ1) is 18.6. The van der Waals surface area contributed by atoms with Crippen LogP contribution in [0.4, 0.5) is 0 Å². The molecule has 1 atom stereocenters. The highest BCUT2D eigenvalue weighted by Crippen LogP contribution is 2.13. The largest absolute Gasteiger partial charge is 0.472 e. The minimum Gasteiger partial charge on any atom is -0.472 e. The molecule has 9 heteroatoms. The second-order valence-electron chi connectivity index (χ2n) is 5.76. The van der Waals surface area contributed by atoms with Crippen molar-refractivity contribution in [3.8, 4) is 0 Å². The van der Waals surface area contributed by atoms with Crippen molar-refractivity contribution < 1.29 is 27.1 Å². The fourth-order valence-corrected chi connectivity index (χ4v) is 3.49. The molecule has 1 aromatic carbocycles. The van der Waals surface area contributed by atoms with Crippen molar-refractivity contribution in [1.82, 2.24) is 10.0 Å². The summed E-state index contributed by atoms with van der Waals surface area (Å²) in [7, 11) is -3.74. The smallest absolute Gasteiger partial charge is 0.251 e. The molecule has 2 heterocycles. The second-order valence-corrected chi connectivity index (χ2v) is 7.53. The van der Waals surface area contributed by atoms with E-state index in [9.17, 15) is 13.2 Å². The van der Waals surface area contributed by atoms with Gasteiger partial charge in [0.05, 0.1) is 43.3 Å². The third-order valence-corrected chi connectivity index (χ3v) is 5.23. The molecule has 1 amide bonds. The van der Waals surface area contributed by atoms with Crippen LogP contribution in [-0.4, -0.2) is 46.8 Å². The van der Waals surface area contributed by atoms with E-state index in [0.29, 0.717) is 31.9 Å². The minimum absolute atomic E-state index is 0.0193. The number of ether oxygens (including phenoxy) is 2. The molecule has 0 spiro atoms. The van der Waals surface area contributed by atoms with Crippen LogP contribution >= 0.6 is 0 Å². The quantitative estimate of drug-likeness (QED) is 0.739. The van der Waals surface area contributed by atoms with E-state index in [2.05, 4.69) is 10.0 Å². The van der Waals surface area contributed by atoms with Crippen LogP contribution in [0.3, 0.4) is 0 Å². The summed E-state index contributed by atoms with van der Waals surface area (Å²) in [6, 6.07) is 7.53. The van der Waals surface area contributed by atoms with Crippen molar-refractivity contribution in [3.05, 3.63) is 54.0 Å². The van der Waals surface area contributed by atoms with Gasteiger partial charge < -0.3 is 19.2 Å². The Morgan fingerprint density at radius 2 is 2.12 bits per heavy atom. The van der Waals surface area contributed by atoms with E-state index in [1.165, 1.54) is 30.7 Å². The molecule has 0 radical (unpaired) electrons. The highest BCUT2D eigenvalue weighted by atomic mass is 32.2. The highest BCUT2D eigenvalue weighted by molar-refractivity contribution is 7.89. The van der Waals surface area contributed by atoms with Gasteiger partial charge in [0.2, 0.25) is 10.0 Å². The van der Waals surface area contributed by atoms with Crippen LogP contribution in [0.25, 0.3) is 0 Å². The SMILES string of the molecule is O=C(NC[C@@H]1COCCO1)c1cccc(S(=O)(=O)NCc2ccoc2)c1. The highest BCUT2D eigenvalue weighted by Gasteiger charge is 2.18. The standard InChI is InChI=1S/C17H20N2O6S/c20-17(18-10-15-12-24-6-7-25-15)14-2-1-3-16(8-14)26(21,22)19-9-13-4-5-23-11-13/h1-5,8,11,15,19H,6-7,9-10,12H2,(H,18,20)/t15-/m1/s1. The van der Waals surface area contributed by atoms with E-state index in [-0.39, 0.29) is 29.0 Å². The predicted molar refractivity (Wildman–Crippen MR) is 92.1 cm³/mol. The van der Waals surface area contributed by atoms with Crippen LogP contribution in [0.2, 0.25) is 0 Å². The van der Waals surface area contributed by atoms with E-state index < -0.39 is 10.0 Å². The molecule has 0 aliphatic carbocycles. The van der Waals surface area contributed by atoms with Gasteiger partial charge in [-0.3, -0.25) is 4.79 Å². The van der Waals surface area contributed by atoms with Crippen LogP contribution in [0.15, 0.2) is 52.2 Å². The third kappa shape index (κ3) is 4.92. The first-order valence-corrected chi connectivity index (χ1v) is 9.61. The van der Waals surface area contributed by atoms with Gasteiger partial charge in [0.1, 0.15) is 0 Å². The fourth-order valence-electron chi connectivity index (χ4n) is 2.42. The van der Waals surface area contributed by atoms with E-state index >= 15 is 0 Å².